The molecule has 1 amide bonds. The first-order chi connectivity index (χ1) is 13.7. The van der Waals surface area contributed by atoms with Crippen LogP contribution in [0.15, 0.2) is 83.9 Å². The van der Waals surface area contributed by atoms with Crippen molar-refractivity contribution in [2.75, 3.05) is 5.32 Å². The third kappa shape index (κ3) is 3.88. The third-order valence-electron chi connectivity index (χ3n) is 4.56. The summed E-state index contributed by atoms with van der Waals surface area (Å²) in [5, 5.41) is 2.95. The van der Waals surface area contributed by atoms with Crippen molar-refractivity contribution in [3.8, 4) is 22.5 Å². The Bertz CT molecular complexity index is 1070. The number of rotatable bonds is 6. The van der Waals surface area contributed by atoms with E-state index in [0.29, 0.717) is 13.0 Å². The molecule has 140 valence electrons. The second-order valence-corrected chi connectivity index (χ2v) is 6.68. The van der Waals surface area contributed by atoms with Crippen LogP contribution < -0.4 is 5.32 Å². The number of hydrogen-bond donors (Lipinski definition) is 1. The van der Waals surface area contributed by atoms with Crippen molar-refractivity contribution in [3.63, 3.8) is 0 Å². The molecule has 2 aromatic heterocycles. The van der Waals surface area contributed by atoms with Crippen LogP contribution in [0.4, 0.5) is 5.69 Å². The van der Waals surface area contributed by atoms with E-state index in [2.05, 4.69) is 10.3 Å². The number of aryl methyl sites for hydroxylation is 2. The topological polar surface area (TPSA) is 60.1 Å². The van der Waals surface area contributed by atoms with Gasteiger partial charge in [0.1, 0.15) is 0 Å². The molecular weight excluding hydrogens is 350 g/mol. The fourth-order valence-electron chi connectivity index (χ4n) is 3.23. The molecule has 0 unspecified atom stereocenters. The minimum atomic E-state index is -0.0290. The molecule has 0 saturated heterocycles. The zero-order valence-corrected chi connectivity index (χ0v) is 15.6. The fourth-order valence-corrected chi connectivity index (χ4v) is 3.23. The van der Waals surface area contributed by atoms with Crippen LogP contribution >= 0.6 is 0 Å². The van der Waals surface area contributed by atoms with E-state index in [9.17, 15) is 4.79 Å². The van der Waals surface area contributed by atoms with Gasteiger partial charge in [0.15, 0.2) is 0 Å². The van der Waals surface area contributed by atoms with E-state index in [-0.39, 0.29) is 5.91 Å². The molecule has 0 aliphatic heterocycles. The first kappa shape index (κ1) is 17.8. The first-order valence-electron chi connectivity index (χ1n) is 9.20. The summed E-state index contributed by atoms with van der Waals surface area (Å²) >= 11 is 0. The molecule has 4 rings (SSSR count). The van der Waals surface area contributed by atoms with Crippen LogP contribution in [0, 0.1) is 6.92 Å². The molecule has 0 atom stereocenters. The van der Waals surface area contributed by atoms with Crippen molar-refractivity contribution >= 4 is 11.6 Å². The van der Waals surface area contributed by atoms with Gasteiger partial charge in [-0.25, -0.2) is 4.98 Å². The molecule has 0 aliphatic rings. The second-order valence-electron chi connectivity index (χ2n) is 6.68. The van der Waals surface area contributed by atoms with Gasteiger partial charge in [-0.15, -0.1) is 0 Å². The lowest BCUT2D eigenvalue weighted by molar-refractivity contribution is -0.116. The average Bonchev–Trinajstić information content (AvgIpc) is 3.36. The maximum atomic E-state index is 12.4. The highest BCUT2D eigenvalue weighted by Crippen LogP contribution is 2.31. The number of carbonyl (C=O) groups excluding carboxylic acids is 1. The number of amides is 1. The number of anilines is 1. The van der Waals surface area contributed by atoms with Gasteiger partial charge in [0, 0.05) is 29.8 Å². The predicted molar refractivity (Wildman–Crippen MR) is 110 cm³/mol. The van der Waals surface area contributed by atoms with Crippen LogP contribution in [0.5, 0.6) is 0 Å². The number of nitrogens with one attached hydrogen (secondary N) is 1. The largest absolute Gasteiger partial charge is 0.472 e. The number of hydrogen-bond acceptors (Lipinski definition) is 3. The van der Waals surface area contributed by atoms with Gasteiger partial charge in [-0.2, -0.15) is 0 Å². The zero-order chi connectivity index (χ0) is 19.3. The van der Waals surface area contributed by atoms with Crippen molar-refractivity contribution in [2.24, 2.45) is 0 Å². The lowest BCUT2D eigenvalue weighted by Crippen LogP contribution is -2.14. The lowest BCUT2D eigenvalue weighted by Gasteiger charge is -2.10. The fraction of sp³-hybridized carbons (Fsp3) is 0.130. The van der Waals surface area contributed by atoms with E-state index in [1.165, 1.54) is 0 Å². The average molecular weight is 371 g/mol. The molecule has 0 fully saturated rings. The van der Waals surface area contributed by atoms with Gasteiger partial charge in [0.25, 0.3) is 0 Å². The van der Waals surface area contributed by atoms with Crippen molar-refractivity contribution in [2.45, 2.75) is 19.9 Å². The quantitative estimate of drug-likeness (QED) is 0.510. The number of carbonyl (C=O) groups is 1. The Kier molecular flexibility index (Phi) is 5.06. The van der Waals surface area contributed by atoms with Crippen molar-refractivity contribution < 1.29 is 9.21 Å². The second kappa shape index (κ2) is 7.96. The summed E-state index contributed by atoms with van der Waals surface area (Å²) in [7, 11) is 0. The van der Waals surface area contributed by atoms with E-state index < -0.39 is 0 Å². The van der Waals surface area contributed by atoms with E-state index in [4.69, 9.17) is 4.42 Å². The SMILES string of the molecule is Cc1cccc(NC(=O)CCn2cnc(-c3ccccc3)c2-c2ccoc2)c1. The van der Waals surface area contributed by atoms with Gasteiger partial charge in [-0.1, -0.05) is 42.5 Å². The van der Waals surface area contributed by atoms with E-state index >= 15 is 0 Å². The Balaban J connectivity index is 1.55. The first-order valence-corrected chi connectivity index (χ1v) is 9.20. The molecular formula is C23H21N3O2. The van der Waals surface area contributed by atoms with Crippen LogP contribution in [0.2, 0.25) is 0 Å². The van der Waals surface area contributed by atoms with Crippen LogP contribution in [0.25, 0.3) is 22.5 Å². The summed E-state index contributed by atoms with van der Waals surface area (Å²) < 4.78 is 7.28. The smallest absolute Gasteiger partial charge is 0.226 e. The van der Waals surface area contributed by atoms with Gasteiger partial charge < -0.3 is 14.3 Å². The summed E-state index contributed by atoms with van der Waals surface area (Å²) in [6.45, 7) is 2.53. The summed E-state index contributed by atoms with van der Waals surface area (Å²) in [6, 6.07) is 19.7. The minimum absolute atomic E-state index is 0.0290. The van der Waals surface area contributed by atoms with Gasteiger partial charge in [0.2, 0.25) is 5.91 Å². The number of benzene rings is 2. The molecule has 0 saturated carbocycles. The molecule has 2 heterocycles. The van der Waals surface area contributed by atoms with E-state index in [1.54, 1.807) is 18.9 Å². The number of imidazole rings is 1. The Hall–Kier alpha value is -3.60. The normalized spacial score (nSPS) is 10.8. The van der Waals surface area contributed by atoms with Crippen molar-refractivity contribution in [1.29, 1.82) is 0 Å². The lowest BCUT2D eigenvalue weighted by atomic mass is 10.1. The molecule has 0 aliphatic carbocycles. The van der Waals surface area contributed by atoms with Crippen molar-refractivity contribution in [3.05, 3.63) is 85.1 Å². The summed E-state index contributed by atoms with van der Waals surface area (Å²) in [5.74, 6) is -0.0290. The summed E-state index contributed by atoms with van der Waals surface area (Å²) in [6.07, 6.45) is 5.48. The molecule has 28 heavy (non-hydrogen) atoms. The van der Waals surface area contributed by atoms with Gasteiger partial charge >= 0.3 is 0 Å². The highest BCUT2D eigenvalue weighted by atomic mass is 16.3. The Morgan fingerprint density at radius 2 is 1.93 bits per heavy atom. The summed E-state index contributed by atoms with van der Waals surface area (Å²) in [4.78, 5) is 17.0. The molecule has 1 N–H and O–H groups in total. The maximum Gasteiger partial charge on any atom is 0.226 e. The van der Waals surface area contributed by atoms with Crippen LogP contribution in [0.1, 0.15) is 12.0 Å². The Labute approximate surface area is 163 Å². The molecule has 4 aromatic rings. The number of aromatic nitrogens is 2. The zero-order valence-electron chi connectivity index (χ0n) is 15.6. The molecule has 5 nitrogen and oxygen atoms in total. The van der Waals surface area contributed by atoms with Gasteiger partial charge in [0.05, 0.1) is 30.2 Å². The predicted octanol–water partition coefficient (Wildman–Crippen LogP) is 5.15. The molecule has 5 heteroatoms. The number of furan rings is 1. The van der Waals surface area contributed by atoms with Crippen LogP contribution in [-0.2, 0) is 11.3 Å². The van der Waals surface area contributed by atoms with Gasteiger partial charge in [-0.05, 0) is 30.7 Å². The third-order valence-corrected chi connectivity index (χ3v) is 4.56. The molecule has 0 spiro atoms. The molecule has 0 radical (unpaired) electrons. The standard InChI is InChI=1S/C23H21N3O2/c1-17-6-5-9-20(14-17)25-21(27)10-12-26-16-24-22(18-7-3-2-4-8-18)23(26)19-11-13-28-15-19/h2-9,11,13-16H,10,12H2,1H3,(H,25,27). The highest BCUT2D eigenvalue weighted by Gasteiger charge is 2.16. The number of nitrogens with zero attached hydrogens (tertiary/aromatic N) is 2. The molecule has 2 aromatic carbocycles. The Morgan fingerprint density at radius 3 is 2.68 bits per heavy atom. The van der Waals surface area contributed by atoms with E-state index in [0.717, 1.165) is 33.8 Å². The van der Waals surface area contributed by atoms with Crippen molar-refractivity contribution in [1.82, 2.24) is 9.55 Å². The van der Waals surface area contributed by atoms with Crippen LogP contribution in [-0.4, -0.2) is 15.5 Å². The highest BCUT2D eigenvalue weighted by molar-refractivity contribution is 5.90. The van der Waals surface area contributed by atoms with E-state index in [1.807, 2.05) is 72.2 Å². The minimum Gasteiger partial charge on any atom is -0.472 e. The molecule has 0 bridgehead atoms. The van der Waals surface area contributed by atoms with Gasteiger partial charge in [-0.3, -0.25) is 4.79 Å². The Morgan fingerprint density at radius 1 is 1.07 bits per heavy atom. The maximum absolute atomic E-state index is 12.4. The van der Waals surface area contributed by atoms with Crippen LogP contribution in [0.3, 0.4) is 0 Å². The monoisotopic (exact) mass is 371 g/mol. The summed E-state index contributed by atoms with van der Waals surface area (Å²) in [5.41, 5.74) is 5.72.